The third-order valence-corrected chi connectivity index (χ3v) is 5.90. The molecule has 0 radical (unpaired) electrons. The zero-order valence-corrected chi connectivity index (χ0v) is 14.4. The van der Waals surface area contributed by atoms with Crippen molar-refractivity contribution >= 4 is 34.7 Å². The number of carbonyl (C=O) groups excluding carboxylic acids is 2. The van der Waals surface area contributed by atoms with Crippen molar-refractivity contribution in [2.45, 2.75) is 12.8 Å². The maximum absolute atomic E-state index is 11.8. The van der Waals surface area contributed by atoms with Crippen molar-refractivity contribution in [2.24, 2.45) is 11.5 Å². The number of fused-ring (bicyclic) bond motifs is 3. The van der Waals surface area contributed by atoms with Crippen LogP contribution >= 0.6 is 22.9 Å². The first-order valence-electron chi connectivity index (χ1n) is 7.37. The Morgan fingerprint density at radius 3 is 2.64 bits per heavy atom. The van der Waals surface area contributed by atoms with Crippen molar-refractivity contribution in [3.8, 4) is 21.3 Å². The molecule has 4 N–H and O–H groups in total. The van der Waals surface area contributed by atoms with Gasteiger partial charge in [-0.05, 0) is 47.6 Å². The summed E-state index contributed by atoms with van der Waals surface area (Å²) >= 11 is 2.59. The Bertz CT molecular complexity index is 991. The Hall–Kier alpha value is -2.78. The molecule has 9 heteroatoms. The minimum absolute atomic E-state index is 0.156. The second-order valence-corrected chi connectivity index (χ2v) is 7.25. The summed E-state index contributed by atoms with van der Waals surface area (Å²) < 4.78 is 10.2. The predicted molar refractivity (Wildman–Crippen MR) is 94.2 cm³/mol. The first-order valence-corrected chi connectivity index (χ1v) is 8.96. The zero-order chi connectivity index (χ0) is 17.6. The van der Waals surface area contributed by atoms with Crippen LogP contribution in [0.3, 0.4) is 0 Å². The van der Waals surface area contributed by atoms with Gasteiger partial charge in [0.05, 0.1) is 21.5 Å². The van der Waals surface area contributed by atoms with E-state index in [0.29, 0.717) is 15.7 Å². The van der Waals surface area contributed by atoms with Gasteiger partial charge in [0.1, 0.15) is 11.4 Å². The lowest BCUT2D eigenvalue weighted by molar-refractivity contribution is 0.0990. The number of aromatic nitrogens is 2. The van der Waals surface area contributed by atoms with E-state index in [1.165, 1.54) is 35.1 Å². The van der Waals surface area contributed by atoms with Crippen molar-refractivity contribution in [2.75, 3.05) is 0 Å². The fraction of sp³-hybridized carbons (Fsp3) is 0.125. The number of nitrogens with zero attached hydrogens (tertiary/aromatic N) is 2. The van der Waals surface area contributed by atoms with E-state index in [4.69, 9.17) is 16.2 Å². The number of amides is 2. The molecule has 0 aliphatic heterocycles. The number of aryl methyl sites for hydroxylation is 1. The van der Waals surface area contributed by atoms with Crippen molar-refractivity contribution in [1.29, 1.82) is 0 Å². The molecule has 0 spiro atoms. The van der Waals surface area contributed by atoms with Crippen LogP contribution in [0.4, 0.5) is 0 Å². The van der Waals surface area contributed by atoms with E-state index in [2.05, 4.69) is 9.36 Å². The summed E-state index contributed by atoms with van der Waals surface area (Å²) in [4.78, 5) is 28.4. The van der Waals surface area contributed by atoms with Crippen LogP contribution in [0.2, 0.25) is 0 Å². The molecule has 0 saturated carbocycles. The largest absolute Gasteiger partial charge is 0.444 e. The highest BCUT2D eigenvalue weighted by Crippen LogP contribution is 2.49. The van der Waals surface area contributed by atoms with Crippen LogP contribution in [0.25, 0.3) is 10.4 Å². The van der Waals surface area contributed by atoms with E-state index < -0.39 is 11.8 Å². The van der Waals surface area contributed by atoms with Crippen LogP contribution in [0.5, 0.6) is 10.8 Å². The summed E-state index contributed by atoms with van der Waals surface area (Å²) in [6, 6.07) is 3.10. The molecule has 3 aromatic rings. The molecule has 25 heavy (non-hydrogen) atoms. The molecule has 0 atom stereocenters. The molecule has 2 amide bonds. The first kappa shape index (κ1) is 15.7. The molecule has 126 valence electrons. The second kappa shape index (κ2) is 5.94. The summed E-state index contributed by atoms with van der Waals surface area (Å²) in [5, 5.41) is 0.572. The summed E-state index contributed by atoms with van der Waals surface area (Å²) in [5.74, 6) is -0.627. The minimum Gasteiger partial charge on any atom is -0.444 e. The maximum atomic E-state index is 11.8. The number of hydrogen-bond acceptors (Lipinski definition) is 7. The molecule has 3 aromatic heterocycles. The smallest absolute Gasteiger partial charge is 0.267 e. The van der Waals surface area contributed by atoms with Crippen LogP contribution in [-0.4, -0.2) is 21.2 Å². The molecule has 0 aromatic carbocycles. The Morgan fingerprint density at radius 1 is 1.12 bits per heavy atom. The van der Waals surface area contributed by atoms with Gasteiger partial charge < -0.3 is 16.2 Å². The first-order chi connectivity index (χ1) is 12.0. The van der Waals surface area contributed by atoms with Gasteiger partial charge in [-0.1, -0.05) is 11.3 Å². The maximum Gasteiger partial charge on any atom is 0.267 e. The van der Waals surface area contributed by atoms with Gasteiger partial charge in [-0.3, -0.25) is 9.59 Å². The average molecular weight is 372 g/mol. The van der Waals surface area contributed by atoms with Gasteiger partial charge in [-0.15, -0.1) is 0 Å². The Kier molecular flexibility index (Phi) is 3.74. The average Bonchev–Trinajstić information content (AvgIpc) is 3.19. The molecule has 3 heterocycles. The number of hydrogen-bond donors (Lipinski definition) is 2. The second-order valence-electron chi connectivity index (χ2n) is 5.46. The van der Waals surface area contributed by atoms with Crippen molar-refractivity contribution < 1.29 is 14.3 Å². The Labute approximate surface area is 150 Å². The lowest BCUT2D eigenvalue weighted by Crippen LogP contribution is -2.13. The van der Waals surface area contributed by atoms with E-state index in [1.54, 1.807) is 6.07 Å². The molecular weight excluding hydrogens is 360 g/mol. The molecule has 0 fully saturated rings. The van der Waals surface area contributed by atoms with E-state index in [0.717, 1.165) is 34.4 Å². The highest BCUT2D eigenvalue weighted by molar-refractivity contribution is 7.17. The van der Waals surface area contributed by atoms with Gasteiger partial charge in [-0.25, -0.2) is 9.36 Å². The fourth-order valence-corrected chi connectivity index (χ4v) is 4.79. The van der Waals surface area contributed by atoms with Gasteiger partial charge in [-0.2, -0.15) is 0 Å². The molecular formula is C16H12N4O3S2. The topological polar surface area (TPSA) is 121 Å². The third-order valence-electron chi connectivity index (χ3n) is 3.91. The summed E-state index contributed by atoms with van der Waals surface area (Å²) in [5.41, 5.74) is 13.8. The fourth-order valence-electron chi connectivity index (χ4n) is 2.78. The standard InChI is InChI=1S/C16H12N4O3S2/c17-14(21)10-4-2-8(6-19-10)23-16-11-9(13(24-16)15(18)22)3-1-7-5-20-25-12(7)11/h2,4-6H,1,3H2,(H2,17,21)(H2,18,22). The summed E-state index contributed by atoms with van der Waals surface area (Å²) in [7, 11) is 0. The summed E-state index contributed by atoms with van der Waals surface area (Å²) in [6.45, 7) is 0. The highest BCUT2D eigenvalue weighted by Gasteiger charge is 2.30. The molecule has 1 aliphatic rings. The van der Waals surface area contributed by atoms with E-state index >= 15 is 0 Å². The number of primary amides is 2. The zero-order valence-electron chi connectivity index (χ0n) is 12.8. The van der Waals surface area contributed by atoms with Crippen LogP contribution in [0, 0.1) is 0 Å². The Morgan fingerprint density at radius 2 is 1.96 bits per heavy atom. The number of thiophene rings is 1. The quantitative estimate of drug-likeness (QED) is 0.728. The van der Waals surface area contributed by atoms with E-state index in [-0.39, 0.29) is 5.69 Å². The van der Waals surface area contributed by atoms with Crippen LogP contribution in [0.1, 0.15) is 31.3 Å². The van der Waals surface area contributed by atoms with Gasteiger partial charge >= 0.3 is 0 Å². The molecule has 7 nitrogen and oxygen atoms in total. The summed E-state index contributed by atoms with van der Waals surface area (Å²) in [6.07, 6.45) is 4.81. The van der Waals surface area contributed by atoms with Crippen LogP contribution in [0.15, 0.2) is 24.5 Å². The molecule has 4 rings (SSSR count). The van der Waals surface area contributed by atoms with Gasteiger partial charge in [0.2, 0.25) is 0 Å². The molecule has 0 bridgehead atoms. The number of rotatable bonds is 4. The highest BCUT2D eigenvalue weighted by atomic mass is 32.1. The van der Waals surface area contributed by atoms with Crippen molar-refractivity contribution in [3.05, 3.63) is 46.2 Å². The third kappa shape index (κ3) is 2.67. The number of carbonyl (C=O) groups is 2. The Balaban J connectivity index is 1.78. The van der Waals surface area contributed by atoms with Gasteiger partial charge in [0, 0.05) is 6.20 Å². The number of ether oxygens (including phenoxy) is 1. The normalized spacial score (nSPS) is 12.3. The van der Waals surface area contributed by atoms with Crippen molar-refractivity contribution in [3.63, 3.8) is 0 Å². The van der Waals surface area contributed by atoms with Gasteiger partial charge in [0.15, 0.2) is 5.06 Å². The van der Waals surface area contributed by atoms with Crippen LogP contribution < -0.4 is 16.2 Å². The van der Waals surface area contributed by atoms with Crippen LogP contribution in [-0.2, 0) is 12.8 Å². The lowest BCUT2D eigenvalue weighted by Gasteiger charge is -2.13. The van der Waals surface area contributed by atoms with E-state index in [9.17, 15) is 9.59 Å². The number of nitrogens with two attached hydrogens (primary N) is 2. The predicted octanol–water partition coefficient (Wildman–Crippen LogP) is 2.36. The van der Waals surface area contributed by atoms with E-state index in [1.807, 2.05) is 6.20 Å². The molecule has 0 saturated heterocycles. The minimum atomic E-state index is -0.606. The van der Waals surface area contributed by atoms with Crippen molar-refractivity contribution in [1.82, 2.24) is 9.36 Å². The monoisotopic (exact) mass is 372 g/mol. The lowest BCUT2D eigenvalue weighted by atomic mass is 9.93. The SMILES string of the molecule is NC(=O)c1ccc(Oc2sc(C(N)=O)c3c2-c2sncc2CC3)cn1. The molecule has 1 aliphatic carbocycles. The number of pyridine rings is 1. The molecule has 0 unspecified atom stereocenters. The van der Waals surface area contributed by atoms with Gasteiger partial charge in [0.25, 0.3) is 11.8 Å².